The van der Waals surface area contributed by atoms with E-state index in [1.807, 2.05) is 12.1 Å². The maximum Gasteiger partial charge on any atom is 0.228 e. The Bertz CT molecular complexity index is 342. The van der Waals surface area contributed by atoms with Gasteiger partial charge in [0.2, 0.25) is 5.88 Å². The quantitative estimate of drug-likeness (QED) is 0.830. The van der Waals surface area contributed by atoms with Gasteiger partial charge in [-0.1, -0.05) is 19.8 Å². The minimum atomic E-state index is 0.352. The van der Waals surface area contributed by atoms with Gasteiger partial charge in [0, 0.05) is 6.20 Å². The van der Waals surface area contributed by atoms with Crippen LogP contribution in [0, 0.1) is 5.92 Å². The minimum absolute atomic E-state index is 0.352. The second kappa shape index (κ2) is 5.67. The van der Waals surface area contributed by atoms with E-state index in [9.17, 15) is 0 Å². The van der Waals surface area contributed by atoms with Crippen molar-refractivity contribution in [3.05, 3.63) is 22.8 Å². The molecule has 0 bridgehead atoms. The molecule has 1 aromatic heterocycles. The molecule has 0 spiro atoms. The second-order valence-electron chi connectivity index (χ2n) is 4.47. The average molecular weight is 284 g/mol. The zero-order valence-corrected chi connectivity index (χ0v) is 11.2. The van der Waals surface area contributed by atoms with Gasteiger partial charge in [-0.05, 0) is 53.2 Å². The first-order valence-electron chi connectivity index (χ1n) is 6.06. The lowest BCUT2D eigenvalue weighted by Gasteiger charge is -2.28. The Morgan fingerprint density at radius 3 is 3.12 bits per heavy atom. The molecule has 0 N–H and O–H groups in total. The normalized spacial score (nSPS) is 25.4. The van der Waals surface area contributed by atoms with E-state index in [2.05, 4.69) is 27.8 Å². The van der Waals surface area contributed by atoms with Gasteiger partial charge in [-0.15, -0.1) is 0 Å². The van der Waals surface area contributed by atoms with Crippen molar-refractivity contribution >= 4 is 15.9 Å². The fourth-order valence-corrected chi connectivity index (χ4v) is 2.68. The van der Waals surface area contributed by atoms with Crippen LogP contribution < -0.4 is 4.74 Å². The van der Waals surface area contributed by atoms with Crippen LogP contribution in [0.5, 0.6) is 5.88 Å². The summed E-state index contributed by atoms with van der Waals surface area (Å²) in [5, 5.41) is 0. The number of aromatic nitrogens is 1. The van der Waals surface area contributed by atoms with E-state index in [0.717, 1.165) is 16.3 Å². The van der Waals surface area contributed by atoms with Crippen molar-refractivity contribution in [3.8, 4) is 5.88 Å². The summed E-state index contributed by atoms with van der Waals surface area (Å²) in [6.45, 7) is 2.27. The zero-order chi connectivity index (χ0) is 11.4. The lowest BCUT2D eigenvalue weighted by atomic mass is 9.85. The molecule has 88 valence electrons. The van der Waals surface area contributed by atoms with Crippen molar-refractivity contribution in [2.24, 2.45) is 5.92 Å². The molecule has 1 fully saturated rings. The molecule has 1 aliphatic rings. The molecule has 2 nitrogen and oxygen atoms in total. The van der Waals surface area contributed by atoms with Crippen molar-refractivity contribution in [3.63, 3.8) is 0 Å². The first-order chi connectivity index (χ1) is 7.79. The molecule has 16 heavy (non-hydrogen) atoms. The largest absolute Gasteiger partial charge is 0.474 e. The van der Waals surface area contributed by atoms with Crippen molar-refractivity contribution in [1.82, 2.24) is 4.98 Å². The Balaban J connectivity index is 1.97. The highest BCUT2D eigenvalue weighted by molar-refractivity contribution is 9.10. The van der Waals surface area contributed by atoms with Crippen LogP contribution in [0.15, 0.2) is 22.8 Å². The van der Waals surface area contributed by atoms with E-state index in [1.165, 1.54) is 32.1 Å². The van der Waals surface area contributed by atoms with Crippen molar-refractivity contribution in [2.45, 2.75) is 45.1 Å². The highest BCUT2D eigenvalue weighted by Crippen LogP contribution is 2.31. The van der Waals surface area contributed by atoms with Gasteiger partial charge >= 0.3 is 0 Å². The summed E-state index contributed by atoms with van der Waals surface area (Å²) in [7, 11) is 0. The number of nitrogens with zero attached hydrogens (tertiary/aromatic N) is 1. The van der Waals surface area contributed by atoms with Gasteiger partial charge in [0.1, 0.15) is 6.10 Å². The molecule has 0 radical (unpaired) electrons. The molecule has 0 aliphatic heterocycles. The molecule has 3 heteroatoms. The van der Waals surface area contributed by atoms with Gasteiger partial charge in [-0.25, -0.2) is 4.98 Å². The average Bonchev–Trinajstić information content (AvgIpc) is 2.32. The monoisotopic (exact) mass is 283 g/mol. The van der Waals surface area contributed by atoms with E-state index >= 15 is 0 Å². The molecule has 2 unspecified atom stereocenters. The standard InChI is InChI=1S/C13H18BrNO/c1-2-10-5-3-6-11(9-10)16-13-12(14)7-4-8-15-13/h4,7-8,10-11H,2-3,5-6,9H2,1H3. The van der Waals surface area contributed by atoms with Crippen LogP contribution in [-0.4, -0.2) is 11.1 Å². The Hall–Kier alpha value is -0.570. The Labute approximate surface area is 106 Å². The molecule has 2 atom stereocenters. The third kappa shape index (κ3) is 2.97. The van der Waals surface area contributed by atoms with E-state index in [0.29, 0.717) is 6.10 Å². The van der Waals surface area contributed by atoms with E-state index in [-0.39, 0.29) is 0 Å². The summed E-state index contributed by atoms with van der Waals surface area (Å²) < 4.78 is 6.91. The van der Waals surface area contributed by atoms with E-state index in [1.54, 1.807) is 6.20 Å². The fraction of sp³-hybridized carbons (Fsp3) is 0.615. The highest BCUT2D eigenvalue weighted by atomic mass is 79.9. The molecule has 1 heterocycles. The molecule has 0 aromatic carbocycles. The number of pyridine rings is 1. The Morgan fingerprint density at radius 2 is 2.38 bits per heavy atom. The summed E-state index contributed by atoms with van der Waals surface area (Å²) in [5.74, 6) is 1.57. The lowest BCUT2D eigenvalue weighted by Crippen LogP contribution is -2.25. The van der Waals surface area contributed by atoms with Crippen molar-refractivity contribution in [1.29, 1.82) is 0 Å². The summed E-state index contributed by atoms with van der Waals surface area (Å²) in [6.07, 6.45) is 8.39. The molecule has 0 amide bonds. The topological polar surface area (TPSA) is 22.1 Å². The molecule has 1 saturated carbocycles. The van der Waals surface area contributed by atoms with Gasteiger partial charge in [-0.2, -0.15) is 0 Å². The first kappa shape index (κ1) is 11.9. The number of ether oxygens (including phenoxy) is 1. The summed E-state index contributed by atoms with van der Waals surface area (Å²) >= 11 is 3.47. The number of rotatable bonds is 3. The van der Waals surface area contributed by atoms with E-state index < -0.39 is 0 Å². The summed E-state index contributed by atoms with van der Waals surface area (Å²) in [5.41, 5.74) is 0. The fourth-order valence-electron chi connectivity index (χ4n) is 2.34. The molecular formula is C13H18BrNO. The van der Waals surface area contributed by atoms with E-state index in [4.69, 9.17) is 4.74 Å². The van der Waals surface area contributed by atoms with Crippen LogP contribution >= 0.6 is 15.9 Å². The number of hydrogen-bond donors (Lipinski definition) is 0. The predicted molar refractivity (Wildman–Crippen MR) is 68.6 cm³/mol. The molecule has 1 aliphatic carbocycles. The highest BCUT2D eigenvalue weighted by Gasteiger charge is 2.22. The van der Waals surface area contributed by atoms with Gasteiger partial charge in [0.15, 0.2) is 0 Å². The third-order valence-corrected chi connectivity index (χ3v) is 3.92. The van der Waals surface area contributed by atoms with Gasteiger partial charge in [-0.3, -0.25) is 0 Å². The zero-order valence-electron chi connectivity index (χ0n) is 9.66. The second-order valence-corrected chi connectivity index (χ2v) is 5.33. The minimum Gasteiger partial charge on any atom is -0.474 e. The third-order valence-electron chi connectivity index (χ3n) is 3.32. The van der Waals surface area contributed by atoms with Crippen LogP contribution in [0.2, 0.25) is 0 Å². The Morgan fingerprint density at radius 1 is 1.50 bits per heavy atom. The molecule has 2 rings (SSSR count). The molecular weight excluding hydrogens is 266 g/mol. The lowest BCUT2D eigenvalue weighted by molar-refractivity contribution is 0.116. The maximum absolute atomic E-state index is 5.96. The van der Waals surface area contributed by atoms with Gasteiger partial charge in [0.05, 0.1) is 4.47 Å². The van der Waals surface area contributed by atoms with Crippen LogP contribution in [0.1, 0.15) is 39.0 Å². The first-order valence-corrected chi connectivity index (χ1v) is 6.86. The summed E-state index contributed by atoms with van der Waals surface area (Å²) in [4.78, 5) is 4.25. The predicted octanol–water partition coefficient (Wildman–Crippen LogP) is 4.19. The van der Waals surface area contributed by atoms with Crippen LogP contribution in [0.3, 0.4) is 0 Å². The van der Waals surface area contributed by atoms with Crippen LogP contribution in [0.25, 0.3) is 0 Å². The SMILES string of the molecule is CCC1CCCC(Oc2ncccc2Br)C1. The number of hydrogen-bond acceptors (Lipinski definition) is 2. The molecule has 0 saturated heterocycles. The van der Waals surface area contributed by atoms with Crippen molar-refractivity contribution < 1.29 is 4.74 Å². The van der Waals surface area contributed by atoms with Gasteiger partial charge in [0.25, 0.3) is 0 Å². The van der Waals surface area contributed by atoms with Crippen molar-refractivity contribution in [2.75, 3.05) is 0 Å². The van der Waals surface area contributed by atoms with Crippen LogP contribution in [-0.2, 0) is 0 Å². The smallest absolute Gasteiger partial charge is 0.228 e. The molecule has 1 aromatic rings. The Kier molecular flexibility index (Phi) is 4.22. The summed E-state index contributed by atoms with van der Waals surface area (Å²) in [6, 6.07) is 3.88. The van der Waals surface area contributed by atoms with Crippen LogP contribution in [0.4, 0.5) is 0 Å². The number of halogens is 1. The maximum atomic E-state index is 5.96. The van der Waals surface area contributed by atoms with Gasteiger partial charge < -0.3 is 4.74 Å².